The van der Waals surface area contributed by atoms with Crippen molar-refractivity contribution in [3.63, 3.8) is 0 Å². The van der Waals surface area contributed by atoms with Crippen molar-refractivity contribution in [1.29, 1.82) is 0 Å². The molecule has 0 radical (unpaired) electrons. The van der Waals surface area contributed by atoms with Gasteiger partial charge in [0.2, 0.25) is 0 Å². The summed E-state index contributed by atoms with van der Waals surface area (Å²) in [6.07, 6.45) is 1.79. The van der Waals surface area contributed by atoms with Crippen molar-refractivity contribution in [3.8, 4) is 0 Å². The highest BCUT2D eigenvalue weighted by atomic mass is 35.5. The maximum Gasteiger partial charge on any atom is 0.141 e. The molecular formula is C8H7Cl2FS. The minimum atomic E-state index is -0.281. The molecule has 0 saturated heterocycles. The second kappa shape index (κ2) is 3.86. The van der Waals surface area contributed by atoms with Gasteiger partial charge in [0.05, 0.1) is 10.0 Å². The molecule has 0 atom stereocenters. The minimum Gasteiger partial charge on any atom is -0.205 e. The lowest BCUT2D eigenvalue weighted by molar-refractivity contribution is 0.593. The predicted molar refractivity (Wildman–Crippen MR) is 52.9 cm³/mol. The lowest BCUT2D eigenvalue weighted by atomic mass is 10.2. The molecule has 0 aromatic heterocycles. The van der Waals surface area contributed by atoms with Crippen LogP contribution in [0.15, 0.2) is 11.0 Å². The van der Waals surface area contributed by atoms with Crippen LogP contribution >= 0.6 is 35.0 Å². The van der Waals surface area contributed by atoms with Crippen LogP contribution < -0.4 is 0 Å². The highest BCUT2D eigenvalue weighted by Gasteiger charge is 2.11. The fourth-order valence-corrected chi connectivity index (χ4v) is 1.87. The number of halogens is 3. The summed E-state index contributed by atoms with van der Waals surface area (Å²) >= 11 is 12.8. The third kappa shape index (κ3) is 1.70. The first-order chi connectivity index (χ1) is 5.57. The van der Waals surface area contributed by atoms with E-state index in [9.17, 15) is 4.39 Å². The molecular weight excluding hydrogens is 218 g/mol. The van der Waals surface area contributed by atoms with Crippen LogP contribution in [0, 0.1) is 12.7 Å². The zero-order valence-electron chi connectivity index (χ0n) is 6.62. The number of hydrogen-bond acceptors (Lipinski definition) is 1. The Kier molecular flexibility index (Phi) is 3.27. The van der Waals surface area contributed by atoms with Crippen molar-refractivity contribution in [2.75, 3.05) is 6.26 Å². The Morgan fingerprint density at radius 1 is 1.42 bits per heavy atom. The van der Waals surface area contributed by atoms with Gasteiger partial charge in [-0.05, 0) is 19.2 Å². The van der Waals surface area contributed by atoms with E-state index in [2.05, 4.69) is 0 Å². The van der Waals surface area contributed by atoms with Crippen molar-refractivity contribution in [2.24, 2.45) is 0 Å². The van der Waals surface area contributed by atoms with Gasteiger partial charge in [0, 0.05) is 10.5 Å². The molecule has 1 rings (SSSR count). The molecule has 0 aliphatic rings. The van der Waals surface area contributed by atoms with Crippen LogP contribution in [-0.2, 0) is 0 Å². The average molecular weight is 225 g/mol. The number of benzene rings is 1. The van der Waals surface area contributed by atoms with Crippen LogP contribution in [0.1, 0.15) is 5.56 Å². The lowest BCUT2D eigenvalue weighted by Gasteiger charge is -2.06. The Bertz CT molecular complexity index is 312. The van der Waals surface area contributed by atoms with Crippen LogP contribution in [0.4, 0.5) is 4.39 Å². The maximum absolute atomic E-state index is 13.3. The standard InChI is InChI=1S/C8H7Cl2FS/c1-4-7(10)5(9)3-6(12-2)8(4)11/h3H,1-2H3. The third-order valence-corrected chi connectivity index (χ3v) is 3.18. The molecule has 0 amide bonds. The number of hydrogen-bond donors (Lipinski definition) is 0. The Balaban J connectivity index is 3.39. The molecule has 0 saturated carbocycles. The summed E-state index contributed by atoms with van der Waals surface area (Å²) in [6.45, 7) is 1.61. The summed E-state index contributed by atoms with van der Waals surface area (Å²) in [5, 5.41) is 0.701. The summed E-state index contributed by atoms with van der Waals surface area (Å²) in [4.78, 5) is 0.530. The van der Waals surface area contributed by atoms with Gasteiger partial charge in [-0.1, -0.05) is 23.2 Å². The fourth-order valence-electron chi connectivity index (χ4n) is 0.851. The van der Waals surface area contributed by atoms with E-state index < -0.39 is 0 Å². The van der Waals surface area contributed by atoms with Crippen LogP contribution in [0.2, 0.25) is 10.0 Å². The first-order valence-electron chi connectivity index (χ1n) is 3.26. The molecule has 66 valence electrons. The van der Waals surface area contributed by atoms with Crippen molar-refractivity contribution in [2.45, 2.75) is 11.8 Å². The van der Waals surface area contributed by atoms with Crippen LogP contribution in [0.3, 0.4) is 0 Å². The van der Waals surface area contributed by atoms with Gasteiger partial charge < -0.3 is 0 Å². The van der Waals surface area contributed by atoms with Crippen molar-refractivity contribution >= 4 is 35.0 Å². The van der Waals surface area contributed by atoms with Crippen LogP contribution in [0.25, 0.3) is 0 Å². The largest absolute Gasteiger partial charge is 0.205 e. The van der Waals surface area contributed by atoms with E-state index in [1.165, 1.54) is 17.8 Å². The van der Waals surface area contributed by atoms with Gasteiger partial charge in [-0.15, -0.1) is 11.8 Å². The smallest absolute Gasteiger partial charge is 0.141 e. The molecule has 0 N–H and O–H groups in total. The summed E-state index contributed by atoms with van der Waals surface area (Å²) < 4.78 is 13.3. The number of thioether (sulfide) groups is 1. The summed E-state index contributed by atoms with van der Waals surface area (Å²) in [5.74, 6) is -0.281. The highest BCUT2D eigenvalue weighted by molar-refractivity contribution is 7.98. The predicted octanol–water partition coefficient (Wildman–Crippen LogP) is 4.16. The van der Waals surface area contributed by atoms with Crippen molar-refractivity contribution in [1.82, 2.24) is 0 Å². The van der Waals surface area contributed by atoms with E-state index in [0.29, 0.717) is 20.5 Å². The van der Waals surface area contributed by atoms with Crippen LogP contribution in [-0.4, -0.2) is 6.26 Å². The first kappa shape index (κ1) is 10.2. The number of rotatable bonds is 1. The maximum atomic E-state index is 13.3. The molecule has 4 heteroatoms. The molecule has 0 nitrogen and oxygen atoms in total. The van der Waals surface area contributed by atoms with E-state index in [0.717, 1.165) is 0 Å². The second-order valence-electron chi connectivity index (χ2n) is 2.31. The summed E-state index contributed by atoms with van der Waals surface area (Å²) in [6, 6.07) is 1.54. The molecule has 0 aliphatic heterocycles. The molecule has 12 heavy (non-hydrogen) atoms. The first-order valence-corrected chi connectivity index (χ1v) is 5.24. The van der Waals surface area contributed by atoms with E-state index in [4.69, 9.17) is 23.2 Å². The monoisotopic (exact) mass is 224 g/mol. The molecule has 1 aromatic rings. The van der Waals surface area contributed by atoms with E-state index in [1.54, 1.807) is 13.2 Å². The van der Waals surface area contributed by atoms with E-state index in [1.807, 2.05) is 0 Å². The highest BCUT2D eigenvalue weighted by Crippen LogP contribution is 2.33. The zero-order valence-corrected chi connectivity index (χ0v) is 8.95. The third-order valence-electron chi connectivity index (χ3n) is 1.56. The SMILES string of the molecule is CSc1cc(Cl)c(Cl)c(C)c1F. The van der Waals surface area contributed by atoms with Gasteiger partial charge >= 0.3 is 0 Å². The average Bonchev–Trinajstić information content (AvgIpc) is 2.08. The summed E-state index contributed by atoms with van der Waals surface area (Å²) in [7, 11) is 0. The van der Waals surface area contributed by atoms with Gasteiger partial charge in [-0.2, -0.15) is 0 Å². The van der Waals surface area contributed by atoms with Gasteiger partial charge in [-0.3, -0.25) is 0 Å². The minimum absolute atomic E-state index is 0.281. The van der Waals surface area contributed by atoms with Crippen molar-refractivity contribution < 1.29 is 4.39 Å². The van der Waals surface area contributed by atoms with Crippen LogP contribution in [0.5, 0.6) is 0 Å². The molecule has 0 spiro atoms. The molecule has 0 heterocycles. The lowest BCUT2D eigenvalue weighted by Crippen LogP contribution is -1.88. The molecule has 0 fully saturated rings. The zero-order chi connectivity index (χ0) is 9.30. The second-order valence-corrected chi connectivity index (χ2v) is 3.95. The molecule has 0 bridgehead atoms. The van der Waals surface area contributed by atoms with Gasteiger partial charge in [0.15, 0.2) is 0 Å². The Morgan fingerprint density at radius 2 is 2.00 bits per heavy atom. The van der Waals surface area contributed by atoms with Crippen molar-refractivity contribution in [3.05, 3.63) is 27.5 Å². The normalized spacial score (nSPS) is 10.4. The fraction of sp³-hybridized carbons (Fsp3) is 0.250. The van der Waals surface area contributed by atoms with E-state index in [-0.39, 0.29) is 5.82 Å². The van der Waals surface area contributed by atoms with Gasteiger partial charge in [0.25, 0.3) is 0 Å². The topological polar surface area (TPSA) is 0 Å². The Morgan fingerprint density at radius 3 is 2.50 bits per heavy atom. The molecule has 0 aliphatic carbocycles. The molecule has 0 unspecified atom stereocenters. The quantitative estimate of drug-likeness (QED) is 0.510. The van der Waals surface area contributed by atoms with E-state index >= 15 is 0 Å². The summed E-state index contributed by atoms with van der Waals surface area (Å²) in [5.41, 5.74) is 0.411. The Labute approximate surface area is 85.1 Å². The molecule has 1 aromatic carbocycles. The van der Waals surface area contributed by atoms with Gasteiger partial charge in [-0.25, -0.2) is 4.39 Å². The Hall–Kier alpha value is 0.0800. The van der Waals surface area contributed by atoms with Gasteiger partial charge in [0.1, 0.15) is 5.82 Å².